The SMILES string of the molecule is CC(C)(C)OC(=O)NC[C@@H](N)c1cccc(Br)c1F. The zero-order valence-electron chi connectivity index (χ0n) is 11.2. The summed E-state index contributed by atoms with van der Waals surface area (Å²) in [6, 6.07) is 4.23. The van der Waals surface area contributed by atoms with Crippen LogP contribution in [0.15, 0.2) is 22.7 Å². The Morgan fingerprint density at radius 1 is 1.53 bits per heavy atom. The molecular weight excluding hydrogens is 315 g/mol. The summed E-state index contributed by atoms with van der Waals surface area (Å²) in [6.45, 7) is 5.39. The van der Waals surface area contributed by atoms with Gasteiger partial charge in [0.25, 0.3) is 0 Å². The second kappa shape index (κ2) is 6.34. The second-order valence-electron chi connectivity index (χ2n) is 5.13. The molecule has 0 spiro atoms. The van der Waals surface area contributed by atoms with Gasteiger partial charge < -0.3 is 15.8 Å². The number of hydrogen-bond acceptors (Lipinski definition) is 3. The number of nitrogens with one attached hydrogen (secondary N) is 1. The van der Waals surface area contributed by atoms with E-state index >= 15 is 0 Å². The third-order valence-corrected chi connectivity index (χ3v) is 2.86. The fraction of sp³-hybridized carbons (Fsp3) is 0.462. The molecule has 1 aromatic rings. The summed E-state index contributed by atoms with van der Waals surface area (Å²) in [7, 11) is 0. The van der Waals surface area contributed by atoms with Gasteiger partial charge in [0.05, 0.1) is 10.5 Å². The van der Waals surface area contributed by atoms with E-state index in [9.17, 15) is 9.18 Å². The van der Waals surface area contributed by atoms with E-state index in [2.05, 4.69) is 21.2 Å². The highest BCUT2D eigenvalue weighted by molar-refractivity contribution is 9.10. The lowest BCUT2D eigenvalue weighted by Crippen LogP contribution is -2.36. The number of alkyl carbamates (subject to hydrolysis) is 1. The lowest BCUT2D eigenvalue weighted by molar-refractivity contribution is 0.0524. The predicted molar refractivity (Wildman–Crippen MR) is 75.3 cm³/mol. The van der Waals surface area contributed by atoms with Crippen LogP contribution in [-0.4, -0.2) is 18.2 Å². The van der Waals surface area contributed by atoms with Crippen LogP contribution in [0.4, 0.5) is 9.18 Å². The molecule has 4 nitrogen and oxygen atoms in total. The number of carbonyl (C=O) groups is 1. The van der Waals surface area contributed by atoms with Crippen molar-refractivity contribution in [3.8, 4) is 0 Å². The highest BCUT2D eigenvalue weighted by atomic mass is 79.9. The number of amides is 1. The molecule has 0 aromatic heterocycles. The molecule has 0 bridgehead atoms. The molecule has 0 saturated heterocycles. The van der Waals surface area contributed by atoms with Crippen LogP contribution < -0.4 is 11.1 Å². The van der Waals surface area contributed by atoms with Crippen LogP contribution in [0.1, 0.15) is 32.4 Å². The zero-order chi connectivity index (χ0) is 14.6. The second-order valence-corrected chi connectivity index (χ2v) is 5.99. The molecule has 19 heavy (non-hydrogen) atoms. The fourth-order valence-electron chi connectivity index (χ4n) is 1.42. The van der Waals surface area contributed by atoms with Gasteiger partial charge in [-0.3, -0.25) is 0 Å². The average molecular weight is 333 g/mol. The van der Waals surface area contributed by atoms with Crippen molar-refractivity contribution in [2.45, 2.75) is 32.4 Å². The molecule has 1 atom stereocenters. The van der Waals surface area contributed by atoms with Crippen molar-refractivity contribution < 1.29 is 13.9 Å². The van der Waals surface area contributed by atoms with Gasteiger partial charge in [-0.05, 0) is 42.8 Å². The van der Waals surface area contributed by atoms with Gasteiger partial charge in [0.15, 0.2) is 0 Å². The van der Waals surface area contributed by atoms with Crippen LogP contribution in [0.3, 0.4) is 0 Å². The Morgan fingerprint density at radius 3 is 2.74 bits per heavy atom. The number of halogens is 2. The number of hydrogen-bond donors (Lipinski definition) is 2. The largest absolute Gasteiger partial charge is 0.444 e. The molecule has 0 radical (unpaired) electrons. The van der Waals surface area contributed by atoms with Crippen LogP contribution in [0.25, 0.3) is 0 Å². The lowest BCUT2D eigenvalue weighted by atomic mass is 10.1. The molecule has 0 aliphatic rings. The standard InChI is InChI=1S/C13H18BrFN2O2/c1-13(2,3)19-12(18)17-7-10(16)8-5-4-6-9(14)11(8)15/h4-6,10H,7,16H2,1-3H3,(H,17,18)/t10-/m1/s1. The van der Waals surface area contributed by atoms with Gasteiger partial charge in [-0.1, -0.05) is 12.1 Å². The van der Waals surface area contributed by atoms with Crippen LogP contribution in [0, 0.1) is 5.82 Å². The first-order chi connectivity index (χ1) is 8.70. The summed E-state index contributed by atoms with van der Waals surface area (Å²) in [5.41, 5.74) is 5.61. The van der Waals surface area contributed by atoms with Crippen molar-refractivity contribution in [1.29, 1.82) is 0 Å². The molecular formula is C13H18BrFN2O2. The van der Waals surface area contributed by atoms with E-state index in [1.54, 1.807) is 39.0 Å². The first-order valence-corrected chi connectivity index (χ1v) is 6.66. The van der Waals surface area contributed by atoms with Crippen molar-refractivity contribution in [2.24, 2.45) is 5.73 Å². The van der Waals surface area contributed by atoms with Crippen molar-refractivity contribution in [3.63, 3.8) is 0 Å². The third-order valence-electron chi connectivity index (χ3n) is 2.25. The van der Waals surface area contributed by atoms with Gasteiger partial charge in [0.1, 0.15) is 11.4 Å². The Balaban J connectivity index is 2.59. The van der Waals surface area contributed by atoms with E-state index < -0.39 is 23.6 Å². The number of benzene rings is 1. The highest BCUT2D eigenvalue weighted by Crippen LogP contribution is 2.22. The minimum absolute atomic E-state index is 0.0995. The lowest BCUT2D eigenvalue weighted by Gasteiger charge is -2.21. The van der Waals surface area contributed by atoms with Gasteiger partial charge in [-0.15, -0.1) is 0 Å². The number of rotatable bonds is 3. The van der Waals surface area contributed by atoms with Crippen LogP contribution >= 0.6 is 15.9 Å². The summed E-state index contributed by atoms with van der Waals surface area (Å²) in [4.78, 5) is 11.5. The van der Waals surface area contributed by atoms with E-state index in [1.165, 1.54) is 0 Å². The molecule has 0 aliphatic heterocycles. The smallest absolute Gasteiger partial charge is 0.407 e. The van der Waals surface area contributed by atoms with E-state index in [0.717, 1.165) is 0 Å². The first-order valence-electron chi connectivity index (χ1n) is 5.87. The van der Waals surface area contributed by atoms with E-state index in [1.807, 2.05) is 0 Å². The molecule has 1 amide bonds. The predicted octanol–water partition coefficient (Wildman–Crippen LogP) is 3.11. The Hall–Kier alpha value is -1.14. The topological polar surface area (TPSA) is 64.3 Å². The Bertz CT molecular complexity index is 460. The first kappa shape index (κ1) is 15.9. The van der Waals surface area contributed by atoms with Crippen LogP contribution in [0.2, 0.25) is 0 Å². The molecule has 0 unspecified atom stereocenters. The van der Waals surface area contributed by atoms with Gasteiger partial charge >= 0.3 is 6.09 Å². The molecule has 106 valence electrons. The van der Waals surface area contributed by atoms with Crippen molar-refractivity contribution in [3.05, 3.63) is 34.1 Å². The molecule has 0 fully saturated rings. The summed E-state index contributed by atoms with van der Waals surface area (Å²) in [5, 5.41) is 2.52. The average Bonchev–Trinajstić information content (AvgIpc) is 2.27. The molecule has 0 saturated carbocycles. The number of nitrogens with two attached hydrogens (primary N) is 1. The molecule has 6 heteroatoms. The minimum atomic E-state index is -0.634. The van der Waals surface area contributed by atoms with Crippen LogP contribution in [0.5, 0.6) is 0 Å². The third kappa shape index (κ3) is 5.16. The van der Waals surface area contributed by atoms with Crippen molar-refractivity contribution >= 4 is 22.0 Å². The Kier molecular flexibility index (Phi) is 5.31. The Labute approximate surface area is 120 Å². The number of ether oxygens (including phenoxy) is 1. The normalized spacial score (nSPS) is 12.9. The highest BCUT2D eigenvalue weighted by Gasteiger charge is 2.18. The van der Waals surface area contributed by atoms with Gasteiger partial charge in [0, 0.05) is 12.1 Å². The maximum atomic E-state index is 13.8. The zero-order valence-corrected chi connectivity index (χ0v) is 12.8. The quantitative estimate of drug-likeness (QED) is 0.893. The van der Waals surface area contributed by atoms with E-state index in [-0.39, 0.29) is 6.54 Å². The van der Waals surface area contributed by atoms with Crippen molar-refractivity contribution in [2.75, 3.05) is 6.54 Å². The van der Waals surface area contributed by atoms with E-state index in [4.69, 9.17) is 10.5 Å². The molecule has 1 aromatic carbocycles. The fourth-order valence-corrected chi connectivity index (χ4v) is 1.81. The minimum Gasteiger partial charge on any atom is -0.444 e. The maximum Gasteiger partial charge on any atom is 0.407 e. The summed E-state index contributed by atoms with van der Waals surface area (Å²) >= 11 is 3.09. The van der Waals surface area contributed by atoms with Gasteiger partial charge in [-0.2, -0.15) is 0 Å². The summed E-state index contributed by atoms with van der Waals surface area (Å²) < 4.78 is 19.2. The monoisotopic (exact) mass is 332 g/mol. The van der Waals surface area contributed by atoms with Crippen LogP contribution in [-0.2, 0) is 4.74 Å². The van der Waals surface area contributed by atoms with Crippen molar-refractivity contribution in [1.82, 2.24) is 5.32 Å². The summed E-state index contributed by atoms with van der Waals surface area (Å²) in [6.07, 6.45) is -0.571. The van der Waals surface area contributed by atoms with Gasteiger partial charge in [0.2, 0.25) is 0 Å². The summed E-state index contributed by atoms with van der Waals surface area (Å²) in [5.74, 6) is -0.416. The molecule has 0 heterocycles. The number of carbonyl (C=O) groups excluding carboxylic acids is 1. The molecule has 1 rings (SSSR count). The van der Waals surface area contributed by atoms with E-state index in [0.29, 0.717) is 10.0 Å². The molecule has 3 N–H and O–H groups in total. The maximum absolute atomic E-state index is 13.8. The Morgan fingerprint density at radius 2 is 2.16 bits per heavy atom. The van der Waals surface area contributed by atoms with Gasteiger partial charge in [-0.25, -0.2) is 9.18 Å². The molecule has 0 aliphatic carbocycles.